The zero-order valence-electron chi connectivity index (χ0n) is 17.6. The van der Waals surface area contributed by atoms with E-state index in [1.54, 1.807) is 4.31 Å². The van der Waals surface area contributed by atoms with Crippen molar-refractivity contribution in [2.45, 2.75) is 38.0 Å². The van der Waals surface area contributed by atoms with Crippen LogP contribution in [0.1, 0.15) is 29.8 Å². The molecule has 164 valence electrons. The molecule has 1 aliphatic heterocycles. The molecule has 0 aliphatic carbocycles. The number of aryl methyl sites for hydroxylation is 1. The first-order chi connectivity index (χ1) is 15.0. The molecule has 1 fully saturated rings. The fourth-order valence-corrected chi connectivity index (χ4v) is 5.20. The Labute approximate surface area is 183 Å². The minimum absolute atomic E-state index is 0.0420. The molecule has 0 spiro atoms. The summed E-state index contributed by atoms with van der Waals surface area (Å²) in [6, 6.07) is 17.3. The lowest BCUT2D eigenvalue weighted by molar-refractivity contribution is 0.0222. The van der Waals surface area contributed by atoms with E-state index < -0.39 is 10.0 Å². The molecular formula is C23H27N3O4S. The van der Waals surface area contributed by atoms with E-state index in [1.807, 2.05) is 61.5 Å². The van der Waals surface area contributed by atoms with Crippen molar-refractivity contribution in [3.05, 3.63) is 71.5 Å². The first-order valence-corrected chi connectivity index (χ1v) is 12.1. The summed E-state index contributed by atoms with van der Waals surface area (Å²) in [7, 11) is -3.31. The maximum Gasteiger partial charge on any atom is 0.257 e. The molecule has 0 bridgehead atoms. The van der Waals surface area contributed by atoms with Crippen LogP contribution in [0.15, 0.2) is 59.1 Å². The monoisotopic (exact) mass is 441 g/mol. The highest BCUT2D eigenvalue weighted by molar-refractivity contribution is 7.88. The van der Waals surface area contributed by atoms with Gasteiger partial charge in [0.1, 0.15) is 0 Å². The van der Waals surface area contributed by atoms with E-state index in [0.29, 0.717) is 50.7 Å². The van der Waals surface area contributed by atoms with Crippen molar-refractivity contribution in [1.82, 2.24) is 14.4 Å². The molecule has 1 aromatic heterocycles. The average molecular weight is 442 g/mol. The molecule has 0 N–H and O–H groups in total. The Morgan fingerprint density at radius 1 is 1.06 bits per heavy atom. The number of hydrogen-bond donors (Lipinski definition) is 0. The van der Waals surface area contributed by atoms with Crippen molar-refractivity contribution in [2.24, 2.45) is 0 Å². The quantitative estimate of drug-likeness (QED) is 0.531. The SMILES string of the molecule is Cc1ccc(CS(=O)(=O)N2CCC(OCCc3noc(-c4ccccc4)n3)CC2)cc1. The van der Waals surface area contributed by atoms with Gasteiger partial charge in [0.05, 0.1) is 18.5 Å². The summed E-state index contributed by atoms with van der Waals surface area (Å²) in [6.45, 7) is 3.44. The van der Waals surface area contributed by atoms with E-state index >= 15 is 0 Å². The van der Waals surface area contributed by atoms with Crippen LogP contribution in [0.2, 0.25) is 0 Å². The first kappa shape index (κ1) is 21.7. The van der Waals surface area contributed by atoms with Crippen LogP contribution < -0.4 is 0 Å². The summed E-state index contributed by atoms with van der Waals surface area (Å²) in [5.41, 5.74) is 2.83. The van der Waals surface area contributed by atoms with Gasteiger partial charge < -0.3 is 9.26 Å². The summed E-state index contributed by atoms with van der Waals surface area (Å²) in [5.74, 6) is 1.15. The predicted molar refractivity (Wildman–Crippen MR) is 118 cm³/mol. The molecule has 2 heterocycles. The molecule has 8 heteroatoms. The number of benzene rings is 2. The molecule has 31 heavy (non-hydrogen) atoms. The number of nitrogens with zero attached hydrogens (tertiary/aromatic N) is 3. The van der Waals surface area contributed by atoms with Gasteiger partial charge in [-0.05, 0) is 37.5 Å². The molecule has 0 unspecified atom stereocenters. The molecule has 0 amide bonds. The van der Waals surface area contributed by atoms with Crippen LogP contribution in [0.4, 0.5) is 0 Å². The minimum atomic E-state index is -3.31. The highest BCUT2D eigenvalue weighted by Crippen LogP contribution is 2.20. The van der Waals surface area contributed by atoms with Crippen LogP contribution in [-0.4, -0.2) is 48.7 Å². The Kier molecular flexibility index (Phi) is 6.80. The van der Waals surface area contributed by atoms with Gasteiger partial charge >= 0.3 is 0 Å². The molecule has 0 atom stereocenters. The Balaban J connectivity index is 1.21. The van der Waals surface area contributed by atoms with E-state index in [9.17, 15) is 8.42 Å². The Morgan fingerprint density at radius 3 is 2.48 bits per heavy atom. The average Bonchev–Trinajstić information content (AvgIpc) is 3.25. The van der Waals surface area contributed by atoms with Crippen LogP contribution in [-0.2, 0) is 26.9 Å². The molecule has 4 rings (SSSR count). The van der Waals surface area contributed by atoms with Crippen molar-refractivity contribution in [2.75, 3.05) is 19.7 Å². The van der Waals surface area contributed by atoms with Crippen molar-refractivity contribution < 1.29 is 17.7 Å². The summed E-state index contributed by atoms with van der Waals surface area (Å²) in [4.78, 5) is 4.41. The lowest BCUT2D eigenvalue weighted by Crippen LogP contribution is -2.41. The van der Waals surface area contributed by atoms with Crippen molar-refractivity contribution in [1.29, 1.82) is 0 Å². The molecule has 0 saturated carbocycles. The number of sulfonamides is 1. The largest absolute Gasteiger partial charge is 0.378 e. The highest BCUT2D eigenvalue weighted by Gasteiger charge is 2.28. The van der Waals surface area contributed by atoms with Crippen molar-refractivity contribution in [3.8, 4) is 11.5 Å². The molecule has 1 saturated heterocycles. The second-order valence-electron chi connectivity index (χ2n) is 7.84. The number of rotatable bonds is 8. The van der Waals surface area contributed by atoms with Gasteiger partial charge in [-0.15, -0.1) is 0 Å². The lowest BCUT2D eigenvalue weighted by atomic mass is 10.1. The third-order valence-electron chi connectivity index (χ3n) is 5.43. The topological polar surface area (TPSA) is 85.5 Å². The van der Waals surface area contributed by atoms with Gasteiger partial charge in [-0.1, -0.05) is 53.2 Å². The summed E-state index contributed by atoms with van der Waals surface area (Å²) < 4.78 is 38.3. The molecule has 7 nitrogen and oxygen atoms in total. The molecular weight excluding hydrogens is 414 g/mol. The van der Waals surface area contributed by atoms with Crippen LogP contribution >= 0.6 is 0 Å². The smallest absolute Gasteiger partial charge is 0.257 e. The third-order valence-corrected chi connectivity index (χ3v) is 7.28. The van der Waals surface area contributed by atoms with Gasteiger partial charge in [0, 0.05) is 25.1 Å². The van der Waals surface area contributed by atoms with Crippen LogP contribution in [0.3, 0.4) is 0 Å². The van der Waals surface area contributed by atoms with Crippen LogP contribution in [0.25, 0.3) is 11.5 Å². The number of ether oxygens (including phenoxy) is 1. The maximum atomic E-state index is 12.7. The summed E-state index contributed by atoms with van der Waals surface area (Å²) >= 11 is 0. The van der Waals surface area contributed by atoms with Gasteiger partial charge in [-0.25, -0.2) is 12.7 Å². The van der Waals surface area contributed by atoms with Crippen molar-refractivity contribution in [3.63, 3.8) is 0 Å². The fraction of sp³-hybridized carbons (Fsp3) is 0.391. The van der Waals surface area contributed by atoms with E-state index in [4.69, 9.17) is 9.26 Å². The first-order valence-electron chi connectivity index (χ1n) is 10.5. The van der Waals surface area contributed by atoms with E-state index in [-0.39, 0.29) is 11.9 Å². The van der Waals surface area contributed by atoms with Crippen LogP contribution in [0.5, 0.6) is 0 Å². The zero-order valence-corrected chi connectivity index (χ0v) is 18.4. The van der Waals surface area contributed by atoms with Gasteiger partial charge in [0.15, 0.2) is 5.82 Å². The zero-order chi connectivity index (χ0) is 21.7. The lowest BCUT2D eigenvalue weighted by Gasteiger charge is -2.31. The Bertz CT molecular complexity index is 1070. The standard InChI is InChI=1S/C23H27N3O4S/c1-18-7-9-19(10-8-18)17-31(27,28)26-14-11-21(12-15-26)29-16-13-22-24-23(30-25-22)20-5-3-2-4-6-20/h2-10,21H,11-17H2,1H3. The van der Waals surface area contributed by atoms with Gasteiger partial charge in [-0.3, -0.25) is 0 Å². The van der Waals surface area contributed by atoms with Gasteiger partial charge in [0.2, 0.25) is 10.0 Å². The van der Waals surface area contributed by atoms with Gasteiger partial charge in [-0.2, -0.15) is 4.98 Å². The number of hydrogen-bond acceptors (Lipinski definition) is 6. The second kappa shape index (κ2) is 9.72. The molecule has 0 radical (unpaired) electrons. The third kappa shape index (κ3) is 5.78. The minimum Gasteiger partial charge on any atom is -0.378 e. The predicted octanol–water partition coefficient (Wildman–Crippen LogP) is 3.60. The fourth-order valence-electron chi connectivity index (χ4n) is 3.63. The van der Waals surface area contributed by atoms with Crippen molar-refractivity contribution >= 4 is 10.0 Å². The Morgan fingerprint density at radius 2 is 1.77 bits per heavy atom. The molecule has 2 aromatic carbocycles. The maximum absolute atomic E-state index is 12.7. The molecule has 3 aromatic rings. The normalized spacial score (nSPS) is 15.9. The Hall–Kier alpha value is -2.55. The molecule has 1 aliphatic rings. The highest BCUT2D eigenvalue weighted by atomic mass is 32.2. The number of piperidine rings is 1. The van der Waals surface area contributed by atoms with Crippen LogP contribution in [0, 0.1) is 6.92 Å². The summed E-state index contributed by atoms with van der Waals surface area (Å²) in [5, 5.41) is 4.01. The summed E-state index contributed by atoms with van der Waals surface area (Å²) in [6.07, 6.45) is 1.98. The van der Waals surface area contributed by atoms with E-state index in [2.05, 4.69) is 10.1 Å². The number of aromatic nitrogens is 2. The van der Waals surface area contributed by atoms with Gasteiger partial charge in [0.25, 0.3) is 5.89 Å². The second-order valence-corrected chi connectivity index (χ2v) is 9.81. The van der Waals surface area contributed by atoms with E-state index in [1.165, 1.54) is 0 Å². The van der Waals surface area contributed by atoms with E-state index in [0.717, 1.165) is 16.7 Å².